The fraction of sp³-hybridized carbons (Fsp3) is 0.500. The van der Waals surface area contributed by atoms with Crippen LogP contribution in [0.2, 0.25) is 0 Å². The zero-order valence-electron chi connectivity index (χ0n) is 8.46. The van der Waals surface area contributed by atoms with Crippen LogP contribution < -0.4 is 5.32 Å². The Morgan fingerprint density at radius 3 is 2.93 bits per heavy atom. The highest BCUT2D eigenvalue weighted by Gasteiger charge is 1.96. The normalized spacial score (nSPS) is 10.9. The van der Waals surface area contributed by atoms with Gasteiger partial charge in [0.05, 0.1) is 0 Å². The van der Waals surface area contributed by atoms with Gasteiger partial charge in [-0.2, -0.15) is 0 Å². The van der Waals surface area contributed by atoms with Crippen molar-refractivity contribution in [2.75, 3.05) is 12.3 Å². The van der Waals surface area contributed by atoms with Gasteiger partial charge in [-0.3, -0.25) is 4.98 Å². The molecular weight excluding hydrogens is 260 g/mol. The first-order chi connectivity index (χ1) is 6.68. The quantitative estimate of drug-likeness (QED) is 0.660. The van der Waals surface area contributed by atoms with Gasteiger partial charge in [-0.15, -0.1) is 11.8 Å². The predicted molar refractivity (Wildman–Crippen MR) is 65.8 cm³/mol. The van der Waals surface area contributed by atoms with E-state index in [9.17, 15) is 0 Å². The Bertz CT molecular complexity index is 279. The van der Waals surface area contributed by atoms with Crippen LogP contribution >= 0.6 is 27.7 Å². The molecule has 0 amide bonds. The second-order valence-corrected chi connectivity index (χ2v) is 5.38. The third-order valence-electron chi connectivity index (χ3n) is 1.60. The molecule has 0 unspecified atom stereocenters. The van der Waals surface area contributed by atoms with Crippen molar-refractivity contribution in [2.45, 2.75) is 24.8 Å². The van der Waals surface area contributed by atoms with Crippen LogP contribution in [0, 0.1) is 0 Å². The molecule has 0 saturated carbocycles. The molecule has 0 aliphatic heterocycles. The monoisotopic (exact) mass is 274 g/mol. The molecule has 1 N–H and O–H groups in total. The summed E-state index contributed by atoms with van der Waals surface area (Å²) in [6, 6.07) is 2.66. The van der Waals surface area contributed by atoms with Gasteiger partial charge in [0, 0.05) is 40.1 Å². The number of nitrogens with zero attached hydrogens (tertiary/aromatic N) is 1. The van der Waals surface area contributed by atoms with Crippen LogP contribution in [0.4, 0.5) is 0 Å². The van der Waals surface area contributed by atoms with E-state index in [4.69, 9.17) is 0 Å². The van der Waals surface area contributed by atoms with Gasteiger partial charge in [-0.1, -0.05) is 13.8 Å². The molecule has 1 aromatic rings. The molecule has 1 aromatic heterocycles. The summed E-state index contributed by atoms with van der Waals surface area (Å²) in [5.74, 6) is 1.08. The molecule has 0 bridgehead atoms. The summed E-state index contributed by atoms with van der Waals surface area (Å²) in [7, 11) is 0. The minimum Gasteiger partial charge on any atom is -0.314 e. The van der Waals surface area contributed by atoms with Crippen molar-refractivity contribution >= 4 is 27.7 Å². The average molecular weight is 275 g/mol. The molecule has 0 fully saturated rings. The summed E-state index contributed by atoms with van der Waals surface area (Å²) >= 11 is 5.22. The molecule has 14 heavy (non-hydrogen) atoms. The largest absolute Gasteiger partial charge is 0.314 e. The van der Waals surface area contributed by atoms with E-state index >= 15 is 0 Å². The number of nitrogens with one attached hydrogen (secondary N) is 1. The SMILES string of the molecule is CC(C)NCCSc1cncc(Br)c1. The van der Waals surface area contributed by atoms with Gasteiger partial charge in [-0.05, 0) is 22.0 Å². The van der Waals surface area contributed by atoms with Gasteiger partial charge in [0.2, 0.25) is 0 Å². The van der Waals surface area contributed by atoms with Crippen LogP contribution in [0.3, 0.4) is 0 Å². The molecule has 4 heteroatoms. The van der Waals surface area contributed by atoms with E-state index < -0.39 is 0 Å². The molecular formula is C10H15BrN2S. The summed E-state index contributed by atoms with van der Waals surface area (Å²) in [4.78, 5) is 5.32. The summed E-state index contributed by atoms with van der Waals surface area (Å²) in [5, 5.41) is 3.38. The lowest BCUT2D eigenvalue weighted by Gasteiger charge is -2.07. The van der Waals surface area contributed by atoms with Gasteiger partial charge in [0.15, 0.2) is 0 Å². The summed E-state index contributed by atoms with van der Waals surface area (Å²) in [6.07, 6.45) is 3.70. The molecule has 0 radical (unpaired) electrons. The van der Waals surface area contributed by atoms with Crippen molar-refractivity contribution in [3.8, 4) is 0 Å². The molecule has 1 heterocycles. The first kappa shape index (κ1) is 12.0. The molecule has 1 rings (SSSR count). The van der Waals surface area contributed by atoms with Gasteiger partial charge < -0.3 is 5.32 Å². The Hall–Kier alpha value is -0.0600. The first-order valence-electron chi connectivity index (χ1n) is 4.65. The Morgan fingerprint density at radius 2 is 2.29 bits per heavy atom. The molecule has 0 atom stereocenters. The highest BCUT2D eigenvalue weighted by atomic mass is 79.9. The fourth-order valence-electron chi connectivity index (χ4n) is 0.988. The van der Waals surface area contributed by atoms with Gasteiger partial charge in [0.1, 0.15) is 0 Å². The number of hydrogen-bond acceptors (Lipinski definition) is 3. The van der Waals surface area contributed by atoms with E-state index in [1.807, 2.05) is 18.0 Å². The maximum Gasteiger partial charge on any atom is 0.0411 e. The van der Waals surface area contributed by atoms with Crippen molar-refractivity contribution in [1.82, 2.24) is 10.3 Å². The van der Waals surface area contributed by atoms with Gasteiger partial charge >= 0.3 is 0 Å². The maximum atomic E-state index is 4.11. The number of hydrogen-bond donors (Lipinski definition) is 1. The van der Waals surface area contributed by atoms with Crippen LogP contribution in [-0.2, 0) is 0 Å². The topological polar surface area (TPSA) is 24.9 Å². The second-order valence-electron chi connectivity index (χ2n) is 3.30. The highest BCUT2D eigenvalue weighted by Crippen LogP contribution is 2.19. The Labute approximate surface area is 98.0 Å². The van der Waals surface area contributed by atoms with Crippen LogP contribution in [0.15, 0.2) is 27.8 Å². The second kappa shape index (κ2) is 6.43. The Morgan fingerprint density at radius 1 is 1.50 bits per heavy atom. The number of pyridine rings is 1. The smallest absolute Gasteiger partial charge is 0.0411 e. The fourth-order valence-corrected chi connectivity index (χ4v) is 2.31. The summed E-state index contributed by atoms with van der Waals surface area (Å²) < 4.78 is 1.04. The van der Waals surface area contributed by atoms with Crippen molar-refractivity contribution in [3.63, 3.8) is 0 Å². The van der Waals surface area contributed by atoms with Crippen molar-refractivity contribution in [1.29, 1.82) is 0 Å². The lowest BCUT2D eigenvalue weighted by molar-refractivity contribution is 0.616. The Kier molecular flexibility index (Phi) is 5.52. The van der Waals surface area contributed by atoms with Crippen molar-refractivity contribution in [2.24, 2.45) is 0 Å². The van der Waals surface area contributed by atoms with E-state index in [0.717, 1.165) is 16.8 Å². The number of thioether (sulfide) groups is 1. The molecule has 78 valence electrons. The minimum atomic E-state index is 0.566. The van der Waals surface area contributed by atoms with Crippen LogP contribution in [0.1, 0.15) is 13.8 Å². The average Bonchev–Trinajstić information content (AvgIpc) is 2.12. The molecule has 0 aromatic carbocycles. The predicted octanol–water partition coefficient (Wildman–Crippen LogP) is 2.93. The number of rotatable bonds is 5. The lowest BCUT2D eigenvalue weighted by atomic mass is 10.4. The molecule has 0 saturated heterocycles. The third-order valence-corrected chi connectivity index (χ3v) is 3.00. The highest BCUT2D eigenvalue weighted by molar-refractivity contribution is 9.10. The minimum absolute atomic E-state index is 0.566. The van der Waals surface area contributed by atoms with E-state index in [1.54, 1.807) is 6.20 Å². The van der Waals surface area contributed by atoms with Crippen LogP contribution in [-0.4, -0.2) is 23.3 Å². The van der Waals surface area contributed by atoms with E-state index in [-0.39, 0.29) is 0 Å². The van der Waals surface area contributed by atoms with Crippen molar-refractivity contribution in [3.05, 3.63) is 22.9 Å². The Balaban J connectivity index is 2.25. The van der Waals surface area contributed by atoms with Crippen LogP contribution in [0.25, 0.3) is 0 Å². The zero-order chi connectivity index (χ0) is 10.4. The maximum absolute atomic E-state index is 4.11. The molecule has 0 spiro atoms. The number of halogens is 1. The lowest BCUT2D eigenvalue weighted by Crippen LogP contribution is -2.24. The molecule has 0 aliphatic carbocycles. The standard InChI is InChI=1S/C10H15BrN2S/c1-8(2)13-3-4-14-10-5-9(11)6-12-7-10/h5-8,13H,3-4H2,1-2H3. The molecule has 2 nitrogen and oxygen atoms in total. The first-order valence-corrected chi connectivity index (χ1v) is 6.43. The van der Waals surface area contributed by atoms with Gasteiger partial charge in [-0.25, -0.2) is 0 Å². The number of aromatic nitrogens is 1. The van der Waals surface area contributed by atoms with E-state index in [0.29, 0.717) is 6.04 Å². The van der Waals surface area contributed by atoms with Crippen LogP contribution in [0.5, 0.6) is 0 Å². The summed E-state index contributed by atoms with van der Waals surface area (Å²) in [5.41, 5.74) is 0. The summed E-state index contributed by atoms with van der Waals surface area (Å²) in [6.45, 7) is 5.35. The van der Waals surface area contributed by atoms with Crippen molar-refractivity contribution < 1.29 is 0 Å². The zero-order valence-corrected chi connectivity index (χ0v) is 10.9. The molecule has 0 aliphatic rings. The van der Waals surface area contributed by atoms with E-state index in [2.05, 4.69) is 46.1 Å². The van der Waals surface area contributed by atoms with Gasteiger partial charge in [0.25, 0.3) is 0 Å². The third kappa shape index (κ3) is 4.98. The van der Waals surface area contributed by atoms with E-state index in [1.165, 1.54) is 4.90 Å².